The summed E-state index contributed by atoms with van der Waals surface area (Å²) in [6.07, 6.45) is 8.39. The highest BCUT2D eigenvalue weighted by atomic mass is 16.5. The molecule has 6 heterocycles. The van der Waals surface area contributed by atoms with Gasteiger partial charge in [-0.25, -0.2) is 9.97 Å². The Labute approximate surface area is 259 Å². The number of piperazine rings is 1. The van der Waals surface area contributed by atoms with Gasteiger partial charge >= 0.3 is 0 Å². The highest BCUT2D eigenvalue weighted by Crippen LogP contribution is 2.40. The molecule has 6 rings (SSSR count). The van der Waals surface area contributed by atoms with Crippen molar-refractivity contribution in [1.82, 2.24) is 19.8 Å². The summed E-state index contributed by atoms with van der Waals surface area (Å²) in [4.78, 5) is 33.3. The Bertz CT molecular complexity index is 1510. The van der Waals surface area contributed by atoms with Gasteiger partial charge in [0.2, 0.25) is 11.8 Å². The van der Waals surface area contributed by atoms with Gasteiger partial charge in [-0.1, -0.05) is 6.58 Å². The lowest BCUT2D eigenvalue weighted by Crippen LogP contribution is -2.55. The van der Waals surface area contributed by atoms with E-state index in [4.69, 9.17) is 14.7 Å². The molecule has 11 nitrogen and oxygen atoms in total. The van der Waals surface area contributed by atoms with Crippen molar-refractivity contribution in [1.29, 1.82) is 10.5 Å². The van der Waals surface area contributed by atoms with Gasteiger partial charge in [0.1, 0.15) is 24.1 Å². The summed E-state index contributed by atoms with van der Waals surface area (Å²) in [5, 5.41) is 20.1. The van der Waals surface area contributed by atoms with E-state index in [2.05, 4.69) is 58.5 Å². The summed E-state index contributed by atoms with van der Waals surface area (Å²) >= 11 is 0. The van der Waals surface area contributed by atoms with Gasteiger partial charge in [-0.3, -0.25) is 4.79 Å². The quantitative estimate of drug-likeness (QED) is 0.443. The second kappa shape index (κ2) is 12.7. The lowest BCUT2D eigenvalue weighted by atomic mass is 9.96. The monoisotopic (exact) mass is 595 g/mol. The first-order valence-electron chi connectivity index (χ1n) is 15.7. The molecule has 1 amide bonds. The number of likely N-dealkylation sites (tertiary alicyclic amines) is 1. The molecule has 0 spiro atoms. The van der Waals surface area contributed by atoms with E-state index >= 15 is 0 Å². The van der Waals surface area contributed by atoms with Crippen molar-refractivity contribution >= 4 is 23.1 Å². The number of pyridine rings is 2. The fourth-order valence-corrected chi connectivity index (χ4v) is 7.34. The van der Waals surface area contributed by atoms with E-state index in [1.54, 1.807) is 4.90 Å². The Morgan fingerprint density at radius 3 is 2.70 bits per heavy atom. The van der Waals surface area contributed by atoms with E-state index in [9.17, 15) is 15.3 Å². The number of hydrogen-bond acceptors (Lipinski definition) is 10. The minimum Gasteiger partial charge on any atom is -0.475 e. The zero-order chi connectivity index (χ0) is 30.8. The maximum Gasteiger partial charge on any atom is 0.246 e. The van der Waals surface area contributed by atoms with Gasteiger partial charge in [-0.15, -0.1) is 0 Å². The van der Waals surface area contributed by atoms with Crippen LogP contribution in [0.4, 0.5) is 17.2 Å². The predicted octanol–water partition coefficient (Wildman–Crippen LogP) is 2.88. The van der Waals surface area contributed by atoms with Gasteiger partial charge in [0.25, 0.3) is 0 Å². The maximum atomic E-state index is 12.6. The van der Waals surface area contributed by atoms with Gasteiger partial charge in [-0.2, -0.15) is 10.5 Å². The summed E-state index contributed by atoms with van der Waals surface area (Å²) in [5.41, 5.74) is 5.73. The van der Waals surface area contributed by atoms with Crippen LogP contribution in [0.2, 0.25) is 0 Å². The average Bonchev–Trinajstić information content (AvgIpc) is 3.46. The molecular weight excluding hydrogens is 554 g/mol. The minimum absolute atomic E-state index is 0.174. The van der Waals surface area contributed by atoms with Crippen molar-refractivity contribution in [3.63, 3.8) is 0 Å². The number of carbonyl (C=O) groups is 1. The van der Waals surface area contributed by atoms with Crippen LogP contribution in [0.3, 0.4) is 0 Å². The van der Waals surface area contributed by atoms with Gasteiger partial charge < -0.3 is 29.2 Å². The predicted molar refractivity (Wildman–Crippen MR) is 169 cm³/mol. The molecule has 2 saturated heterocycles. The van der Waals surface area contributed by atoms with Gasteiger partial charge in [-0.05, 0) is 57.8 Å². The number of nitrogens with zero attached hydrogens (tertiary/aromatic N) is 9. The topological polar surface area (TPSA) is 116 Å². The van der Waals surface area contributed by atoms with Crippen molar-refractivity contribution in [2.75, 3.05) is 74.7 Å². The van der Waals surface area contributed by atoms with Crippen LogP contribution in [0.15, 0.2) is 24.9 Å². The number of ether oxygens (including phenoxy) is 1. The molecule has 2 aromatic rings. The fraction of sp³-hybridized carbons (Fsp3) is 0.545. The molecule has 44 heavy (non-hydrogen) atoms. The van der Waals surface area contributed by atoms with E-state index < -0.39 is 0 Å². The molecule has 0 unspecified atom stereocenters. The van der Waals surface area contributed by atoms with Crippen LogP contribution >= 0.6 is 0 Å². The second-order valence-electron chi connectivity index (χ2n) is 12.3. The fourth-order valence-electron chi connectivity index (χ4n) is 7.34. The molecule has 0 radical (unpaired) electrons. The summed E-state index contributed by atoms with van der Waals surface area (Å²) in [5.74, 6) is 1.20. The van der Waals surface area contributed by atoms with Crippen molar-refractivity contribution in [3.05, 3.63) is 47.3 Å². The van der Waals surface area contributed by atoms with E-state index in [-0.39, 0.29) is 24.4 Å². The standard InChI is InChI=1S/C33H41N9O2/c1-4-30(43)42-18-17-40(20-23(42)9-12-34)31-25-11-16-41(32-26-8-6-15-39(3)29(26)10-13-36-32)21-28(25)37-33(27(31)19-35)44-22-24-7-5-14-38(24)2/h4,10,13,23-24H,1,5-9,11,14-18,20-22H2,2-3H3/t23-,24-/m0/s1. The first-order valence-corrected chi connectivity index (χ1v) is 15.7. The van der Waals surface area contributed by atoms with Crippen molar-refractivity contribution < 1.29 is 9.53 Å². The number of amides is 1. The molecule has 4 aliphatic heterocycles. The molecule has 0 aliphatic carbocycles. The number of hydrogen-bond donors (Lipinski definition) is 0. The zero-order valence-corrected chi connectivity index (χ0v) is 25.8. The number of nitriles is 2. The van der Waals surface area contributed by atoms with E-state index in [1.807, 2.05) is 6.20 Å². The Morgan fingerprint density at radius 1 is 1.09 bits per heavy atom. The third kappa shape index (κ3) is 5.53. The van der Waals surface area contributed by atoms with E-state index in [1.165, 1.54) is 17.3 Å². The van der Waals surface area contributed by atoms with Crippen LogP contribution in [0.25, 0.3) is 0 Å². The number of fused-ring (bicyclic) bond motifs is 2. The first kappa shape index (κ1) is 29.7. The third-order valence-electron chi connectivity index (χ3n) is 9.71. The van der Waals surface area contributed by atoms with Crippen molar-refractivity contribution in [2.45, 2.75) is 57.2 Å². The second-order valence-corrected chi connectivity index (χ2v) is 12.3. The summed E-state index contributed by atoms with van der Waals surface area (Å²) in [6.45, 7) is 8.96. The third-order valence-corrected chi connectivity index (χ3v) is 9.71. The maximum absolute atomic E-state index is 12.6. The average molecular weight is 596 g/mol. The van der Waals surface area contributed by atoms with Crippen LogP contribution < -0.4 is 19.4 Å². The van der Waals surface area contributed by atoms with Crippen LogP contribution in [0.1, 0.15) is 48.1 Å². The minimum atomic E-state index is -0.303. The number of aromatic nitrogens is 2. The molecule has 0 bridgehead atoms. The zero-order valence-electron chi connectivity index (χ0n) is 25.8. The first-order chi connectivity index (χ1) is 21.4. The molecule has 2 fully saturated rings. The lowest BCUT2D eigenvalue weighted by Gasteiger charge is -2.43. The Hall–Kier alpha value is -4.35. The molecule has 0 aromatic carbocycles. The molecular formula is C33H41N9O2. The van der Waals surface area contributed by atoms with Crippen molar-refractivity contribution in [2.24, 2.45) is 0 Å². The SMILES string of the molecule is C=CC(=O)N1CCN(c2c(C#N)c(OC[C@@H]3CCCN3C)nc3c2CCN(c2nccc4c2CCCN4C)C3)C[C@@H]1CC#N. The molecule has 4 aliphatic rings. The van der Waals surface area contributed by atoms with Crippen LogP contribution in [0.5, 0.6) is 5.88 Å². The number of anilines is 3. The Kier molecular flexibility index (Phi) is 8.58. The van der Waals surface area contributed by atoms with Gasteiger partial charge in [0, 0.05) is 68.8 Å². The number of rotatable bonds is 7. The molecule has 11 heteroatoms. The number of carbonyl (C=O) groups excluding carboxylic acids is 1. The largest absolute Gasteiger partial charge is 0.475 e. The molecule has 230 valence electrons. The Morgan fingerprint density at radius 2 is 1.95 bits per heavy atom. The number of likely N-dealkylation sites (N-methyl/N-ethyl adjacent to an activating group) is 1. The smallest absolute Gasteiger partial charge is 0.246 e. The lowest BCUT2D eigenvalue weighted by molar-refractivity contribution is -0.128. The molecule has 0 N–H and O–H groups in total. The summed E-state index contributed by atoms with van der Waals surface area (Å²) in [7, 11) is 4.25. The Balaban J connectivity index is 1.38. The van der Waals surface area contributed by atoms with Crippen LogP contribution in [0, 0.1) is 22.7 Å². The highest BCUT2D eigenvalue weighted by molar-refractivity contribution is 5.87. The molecule has 2 atom stereocenters. The summed E-state index contributed by atoms with van der Waals surface area (Å²) in [6, 6.07) is 6.78. The van der Waals surface area contributed by atoms with Crippen LogP contribution in [-0.2, 0) is 24.2 Å². The highest BCUT2D eigenvalue weighted by Gasteiger charge is 2.36. The summed E-state index contributed by atoms with van der Waals surface area (Å²) < 4.78 is 6.40. The van der Waals surface area contributed by atoms with Crippen LogP contribution in [-0.4, -0.2) is 97.7 Å². The normalized spacial score (nSPS) is 21.7. The van der Waals surface area contributed by atoms with Gasteiger partial charge in [0.15, 0.2) is 0 Å². The van der Waals surface area contributed by atoms with Gasteiger partial charge in [0.05, 0.1) is 36.5 Å². The molecule has 2 aromatic heterocycles. The molecule has 0 saturated carbocycles. The van der Waals surface area contributed by atoms with E-state index in [0.717, 1.165) is 68.1 Å². The van der Waals surface area contributed by atoms with Crippen molar-refractivity contribution in [3.8, 4) is 18.0 Å². The van der Waals surface area contributed by atoms with E-state index in [0.29, 0.717) is 50.7 Å².